The zero-order chi connectivity index (χ0) is 18.9. The van der Waals surface area contributed by atoms with Crippen LogP contribution in [0, 0.1) is 0 Å². The Morgan fingerprint density at radius 3 is 2.85 bits per heavy atom. The maximum atomic E-state index is 12.8. The van der Waals surface area contributed by atoms with Crippen LogP contribution >= 0.6 is 0 Å². The number of aliphatic hydroxyl groups is 1. The van der Waals surface area contributed by atoms with Crippen LogP contribution in [-0.2, 0) is 17.5 Å². The molecule has 0 spiro atoms. The van der Waals surface area contributed by atoms with E-state index in [9.17, 15) is 27.9 Å². The lowest BCUT2D eigenvalue weighted by atomic mass is 9.97. The van der Waals surface area contributed by atoms with Gasteiger partial charge in [-0.2, -0.15) is 13.2 Å². The molecule has 1 aliphatic heterocycles. The molecular formula is C17H18F3N3O3. The van der Waals surface area contributed by atoms with E-state index >= 15 is 0 Å². The molecule has 1 saturated heterocycles. The summed E-state index contributed by atoms with van der Waals surface area (Å²) in [5, 5.41) is 12.8. The highest BCUT2D eigenvalue weighted by Crippen LogP contribution is 2.30. The first-order chi connectivity index (χ1) is 12.3. The van der Waals surface area contributed by atoms with E-state index in [1.165, 1.54) is 0 Å². The molecule has 1 fully saturated rings. The van der Waals surface area contributed by atoms with Gasteiger partial charge in [-0.15, -0.1) is 0 Å². The third-order valence-electron chi connectivity index (χ3n) is 4.49. The van der Waals surface area contributed by atoms with Crippen LogP contribution in [-0.4, -0.2) is 39.1 Å². The van der Waals surface area contributed by atoms with Gasteiger partial charge >= 0.3 is 6.18 Å². The zero-order valence-corrected chi connectivity index (χ0v) is 13.8. The van der Waals surface area contributed by atoms with Crippen LogP contribution < -0.4 is 10.9 Å². The third kappa shape index (κ3) is 3.94. The van der Waals surface area contributed by atoms with E-state index in [0.29, 0.717) is 13.0 Å². The minimum Gasteiger partial charge on any atom is -0.391 e. The molecule has 2 atom stereocenters. The molecule has 0 bridgehead atoms. The fourth-order valence-electron chi connectivity index (χ4n) is 3.09. The number of halogens is 3. The molecule has 2 N–H and O–H groups in total. The summed E-state index contributed by atoms with van der Waals surface area (Å²) in [6.07, 6.45) is -2.59. The molecule has 0 aliphatic carbocycles. The van der Waals surface area contributed by atoms with Crippen LogP contribution in [0.5, 0.6) is 0 Å². The molecule has 0 unspecified atom stereocenters. The number of carbonyl (C=O) groups is 1. The number of Topliss-reactive ketones (excluding diaryl/α,β-unsaturated/α-hetero) is 1. The van der Waals surface area contributed by atoms with Crippen molar-refractivity contribution in [3.05, 3.63) is 40.4 Å². The summed E-state index contributed by atoms with van der Waals surface area (Å²) in [4.78, 5) is 28.6. The number of rotatable bonds is 4. The molecule has 26 heavy (non-hydrogen) atoms. The second-order valence-electron chi connectivity index (χ2n) is 6.42. The number of hydrogen-bond acceptors (Lipinski definition) is 5. The van der Waals surface area contributed by atoms with E-state index in [-0.39, 0.29) is 35.7 Å². The molecule has 2 aromatic rings. The minimum absolute atomic E-state index is 0.0359. The van der Waals surface area contributed by atoms with Gasteiger partial charge in [-0.25, -0.2) is 4.98 Å². The number of hydrogen-bond donors (Lipinski definition) is 2. The summed E-state index contributed by atoms with van der Waals surface area (Å²) in [7, 11) is 0. The van der Waals surface area contributed by atoms with E-state index < -0.39 is 23.4 Å². The molecule has 0 amide bonds. The van der Waals surface area contributed by atoms with Gasteiger partial charge in [-0.3, -0.25) is 14.2 Å². The number of ketones is 1. The Morgan fingerprint density at radius 2 is 2.15 bits per heavy atom. The van der Waals surface area contributed by atoms with Gasteiger partial charge < -0.3 is 10.4 Å². The second kappa shape index (κ2) is 7.16. The molecule has 1 aromatic heterocycles. The zero-order valence-electron chi connectivity index (χ0n) is 13.8. The standard InChI is InChI=1S/C17H18F3N3O3/c18-17(19,20)10-3-4-13-12(6-10)16(26)23(9-22-13)8-11(24)7-14-15(25)2-1-5-21-14/h3-4,6,9,14-15,21,25H,1-2,5,7-8H2/t14-,15+/m1/s1. The van der Waals surface area contributed by atoms with Gasteiger partial charge in [0.25, 0.3) is 5.56 Å². The summed E-state index contributed by atoms with van der Waals surface area (Å²) in [6.45, 7) is 0.398. The largest absolute Gasteiger partial charge is 0.416 e. The Hall–Kier alpha value is -2.26. The quantitative estimate of drug-likeness (QED) is 0.853. The number of piperidine rings is 1. The monoisotopic (exact) mass is 369 g/mol. The number of alkyl halides is 3. The predicted molar refractivity (Wildman–Crippen MR) is 87.7 cm³/mol. The Morgan fingerprint density at radius 1 is 1.38 bits per heavy atom. The molecule has 0 radical (unpaired) electrons. The average molecular weight is 369 g/mol. The Balaban J connectivity index is 1.82. The first kappa shape index (κ1) is 18.5. The Labute approximate surface area is 146 Å². The van der Waals surface area contributed by atoms with Crippen LogP contribution in [0.15, 0.2) is 29.3 Å². The van der Waals surface area contributed by atoms with Crippen molar-refractivity contribution >= 4 is 16.7 Å². The molecule has 2 heterocycles. The van der Waals surface area contributed by atoms with Crippen molar-refractivity contribution in [3.8, 4) is 0 Å². The molecule has 9 heteroatoms. The van der Waals surface area contributed by atoms with Crippen molar-refractivity contribution in [2.45, 2.75) is 44.1 Å². The lowest BCUT2D eigenvalue weighted by Gasteiger charge is -2.28. The highest BCUT2D eigenvalue weighted by Gasteiger charge is 2.31. The topological polar surface area (TPSA) is 84.2 Å². The van der Waals surface area contributed by atoms with Gasteiger partial charge in [-0.1, -0.05) is 0 Å². The highest BCUT2D eigenvalue weighted by atomic mass is 19.4. The summed E-state index contributed by atoms with van der Waals surface area (Å²) in [5.41, 5.74) is -1.51. The highest BCUT2D eigenvalue weighted by molar-refractivity contribution is 5.81. The minimum atomic E-state index is -4.57. The van der Waals surface area contributed by atoms with E-state index in [4.69, 9.17) is 0 Å². The molecule has 6 nitrogen and oxygen atoms in total. The van der Waals surface area contributed by atoms with Crippen molar-refractivity contribution in [2.24, 2.45) is 0 Å². The Bertz CT molecular complexity index is 879. The van der Waals surface area contributed by atoms with Gasteiger partial charge in [0.2, 0.25) is 0 Å². The van der Waals surface area contributed by atoms with Crippen molar-refractivity contribution in [1.29, 1.82) is 0 Å². The number of benzene rings is 1. The predicted octanol–water partition coefficient (Wildman–Crippen LogP) is 1.49. The van der Waals surface area contributed by atoms with Gasteiger partial charge in [0.05, 0.1) is 35.4 Å². The van der Waals surface area contributed by atoms with Crippen molar-refractivity contribution < 1.29 is 23.1 Å². The summed E-state index contributed by atoms with van der Waals surface area (Å²) in [6, 6.07) is 2.36. The van der Waals surface area contributed by atoms with E-state index in [1.807, 2.05) is 0 Å². The smallest absolute Gasteiger partial charge is 0.391 e. The molecule has 3 rings (SSSR count). The lowest BCUT2D eigenvalue weighted by molar-refractivity contribution is -0.137. The van der Waals surface area contributed by atoms with Gasteiger partial charge in [0, 0.05) is 12.5 Å². The summed E-state index contributed by atoms with van der Waals surface area (Å²) in [5.74, 6) is -0.307. The molecule has 1 aromatic carbocycles. The number of aromatic nitrogens is 2. The van der Waals surface area contributed by atoms with E-state index in [0.717, 1.165) is 35.5 Å². The first-order valence-electron chi connectivity index (χ1n) is 8.25. The number of nitrogens with zero attached hydrogens (tertiary/aromatic N) is 2. The molecule has 1 aliphatic rings. The van der Waals surface area contributed by atoms with E-state index in [1.54, 1.807) is 0 Å². The molecule has 0 saturated carbocycles. The van der Waals surface area contributed by atoms with Crippen LogP contribution in [0.3, 0.4) is 0 Å². The van der Waals surface area contributed by atoms with Crippen molar-refractivity contribution in [1.82, 2.24) is 14.9 Å². The Kier molecular flexibility index (Phi) is 5.10. The fourth-order valence-corrected chi connectivity index (χ4v) is 3.09. The molecular weight excluding hydrogens is 351 g/mol. The van der Waals surface area contributed by atoms with Gasteiger partial charge in [-0.05, 0) is 37.6 Å². The number of fused-ring (bicyclic) bond motifs is 1. The number of nitrogens with one attached hydrogen (secondary N) is 1. The fraction of sp³-hybridized carbons (Fsp3) is 0.471. The number of aliphatic hydroxyl groups excluding tert-OH is 1. The maximum Gasteiger partial charge on any atom is 0.416 e. The van der Waals surface area contributed by atoms with Gasteiger partial charge in [0.1, 0.15) is 0 Å². The van der Waals surface area contributed by atoms with Crippen LogP contribution in [0.25, 0.3) is 10.9 Å². The van der Waals surface area contributed by atoms with Crippen LogP contribution in [0.2, 0.25) is 0 Å². The van der Waals surface area contributed by atoms with Crippen LogP contribution in [0.1, 0.15) is 24.8 Å². The SMILES string of the molecule is O=C(C[C@H]1NCCC[C@@H]1O)Cn1cnc2ccc(C(F)(F)F)cc2c1=O. The van der Waals surface area contributed by atoms with Crippen molar-refractivity contribution in [2.75, 3.05) is 6.54 Å². The van der Waals surface area contributed by atoms with E-state index in [2.05, 4.69) is 10.3 Å². The number of carbonyl (C=O) groups excluding carboxylic acids is 1. The van der Waals surface area contributed by atoms with Gasteiger partial charge in [0.15, 0.2) is 5.78 Å². The third-order valence-corrected chi connectivity index (χ3v) is 4.49. The average Bonchev–Trinajstić information content (AvgIpc) is 2.58. The normalized spacial score (nSPS) is 21.1. The summed E-state index contributed by atoms with van der Waals surface area (Å²) >= 11 is 0. The van der Waals surface area contributed by atoms with Crippen LogP contribution in [0.4, 0.5) is 13.2 Å². The van der Waals surface area contributed by atoms with Crippen molar-refractivity contribution in [3.63, 3.8) is 0 Å². The maximum absolute atomic E-state index is 12.8. The molecule has 140 valence electrons. The first-order valence-corrected chi connectivity index (χ1v) is 8.25. The summed E-state index contributed by atoms with van der Waals surface area (Å²) < 4.78 is 39.5. The second-order valence-corrected chi connectivity index (χ2v) is 6.42. The lowest BCUT2D eigenvalue weighted by Crippen LogP contribution is -2.46.